The highest BCUT2D eigenvalue weighted by molar-refractivity contribution is 5.76. The van der Waals surface area contributed by atoms with Crippen LogP contribution in [0.1, 0.15) is 25.0 Å². The summed E-state index contributed by atoms with van der Waals surface area (Å²) in [5, 5.41) is 17.7. The molecule has 0 aliphatic heterocycles. The van der Waals surface area contributed by atoms with Crippen molar-refractivity contribution in [3.05, 3.63) is 103 Å². The van der Waals surface area contributed by atoms with E-state index in [4.69, 9.17) is 15.2 Å². The zero-order valence-corrected chi connectivity index (χ0v) is 27.7. The van der Waals surface area contributed by atoms with E-state index in [0.717, 1.165) is 33.5 Å². The first-order chi connectivity index (χ1) is 21.7. The normalized spacial score (nSPS) is 12.1. The van der Waals surface area contributed by atoms with E-state index in [2.05, 4.69) is 10.6 Å². The molecule has 0 unspecified atom stereocenters. The summed E-state index contributed by atoms with van der Waals surface area (Å²) in [6, 6.07) is 14.5. The number of methoxy groups -OCH3 is 2. The van der Waals surface area contributed by atoms with E-state index in [1.54, 1.807) is 64.2 Å². The van der Waals surface area contributed by atoms with Crippen molar-refractivity contribution in [3.63, 3.8) is 0 Å². The molecule has 2 aromatic heterocycles. The highest BCUT2D eigenvalue weighted by atomic mass is 16.6. The van der Waals surface area contributed by atoms with Crippen molar-refractivity contribution in [3.8, 4) is 22.3 Å². The number of nitrogen functional groups attached to an aromatic ring is 1. The fraction of sp³-hybridized carbons (Fsp3) is 0.353. The summed E-state index contributed by atoms with van der Waals surface area (Å²) in [4.78, 5) is 34.5. The van der Waals surface area contributed by atoms with Crippen LogP contribution in [0.5, 0.6) is 0 Å². The minimum Gasteiger partial charge on any atom is -0.397 e. The molecule has 2 aromatic carbocycles. The number of nitrogens with two attached hydrogens (primary N) is 1. The summed E-state index contributed by atoms with van der Waals surface area (Å²) in [6.45, 7) is 8.52. The molecule has 12 nitrogen and oxygen atoms in total. The lowest BCUT2D eigenvalue weighted by molar-refractivity contribution is -0.384. The predicted molar refractivity (Wildman–Crippen MR) is 185 cm³/mol. The van der Waals surface area contributed by atoms with Crippen molar-refractivity contribution in [2.24, 2.45) is 14.1 Å². The first-order valence-corrected chi connectivity index (χ1v) is 14.8. The van der Waals surface area contributed by atoms with Crippen LogP contribution in [0.4, 0.5) is 22.7 Å². The molecule has 0 bridgehead atoms. The van der Waals surface area contributed by atoms with Crippen molar-refractivity contribution in [1.82, 2.24) is 9.13 Å². The van der Waals surface area contributed by atoms with Crippen LogP contribution >= 0.6 is 0 Å². The van der Waals surface area contributed by atoms with Crippen LogP contribution in [0.25, 0.3) is 22.3 Å². The van der Waals surface area contributed by atoms with E-state index in [1.807, 2.05) is 51.2 Å². The van der Waals surface area contributed by atoms with Crippen LogP contribution in [0, 0.1) is 24.0 Å². The van der Waals surface area contributed by atoms with E-state index in [0.29, 0.717) is 30.2 Å². The van der Waals surface area contributed by atoms with Gasteiger partial charge >= 0.3 is 0 Å². The van der Waals surface area contributed by atoms with Gasteiger partial charge in [0.15, 0.2) is 0 Å². The largest absolute Gasteiger partial charge is 0.397 e. The standard InChI is InChI=1S/C17H21N3O4.C17H23N3O2/c1-11-7-14(9-19(3)17(11)21)13-5-6-16(20(22)23)15(8-13)18-12(2)10-24-4;1-11-7-14(9-20(3)17(11)21)13-5-6-15(18)16(8-13)19-12(2)10-22-4/h5-9,12,18H,10H2,1-4H3;5-9,12,19H,10,18H2,1-4H3/t2*12-/m11/s1. The highest BCUT2D eigenvalue weighted by Crippen LogP contribution is 2.31. The maximum atomic E-state index is 11.8. The number of nitro groups is 1. The summed E-state index contributed by atoms with van der Waals surface area (Å²) in [5.41, 5.74) is 12.9. The number of hydrogen-bond donors (Lipinski definition) is 3. The first kappa shape index (κ1) is 35.5. The van der Waals surface area contributed by atoms with Crippen LogP contribution in [0.3, 0.4) is 0 Å². The van der Waals surface area contributed by atoms with Crippen LogP contribution in [0.15, 0.2) is 70.5 Å². The zero-order chi connectivity index (χ0) is 34.1. The summed E-state index contributed by atoms with van der Waals surface area (Å²) in [7, 11) is 6.70. The topological polar surface area (TPSA) is 156 Å². The highest BCUT2D eigenvalue weighted by Gasteiger charge is 2.17. The summed E-state index contributed by atoms with van der Waals surface area (Å²) < 4.78 is 13.3. The second kappa shape index (κ2) is 15.9. The van der Waals surface area contributed by atoms with E-state index in [9.17, 15) is 19.7 Å². The quantitative estimate of drug-likeness (QED) is 0.116. The van der Waals surface area contributed by atoms with Gasteiger partial charge in [-0.1, -0.05) is 6.07 Å². The van der Waals surface area contributed by atoms with Gasteiger partial charge in [-0.25, -0.2) is 0 Å². The molecule has 246 valence electrons. The van der Waals surface area contributed by atoms with Gasteiger partial charge in [0.05, 0.1) is 29.5 Å². The molecule has 0 aliphatic carbocycles. The van der Waals surface area contributed by atoms with Gasteiger partial charge < -0.3 is 35.0 Å². The number of nitrogens with one attached hydrogen (secondary N) is 2. The van der Waals surface area contributed by atoms with Gasteiger partial charge in [-0.2, -0.15) is 0 Å². The first-order valence-electron chi connectivity index (χ1n) is 14.8. The van der Waals surface area contributed by atoms with Crippen molar-refractivity contribution < 1.29 is 14.4 Å². The Morgan fingerprint density at radius 2 is 1.20 bits per heavy atom. The third-order valence-electron chi connectivity index (χ3n) is 7.28. The van der Waals surface area contributed by atoms with Crippen molar-refractivity contribution in [2.75, 3.05) is 43.8 Å². The zero-order valence-electron chi connectivity index (χ0n) is 27.7. The molecule has 0 aliphatic rings. The van der Waals surface area contributed by atoms with Crippen molar-refractivity contribution in [1.29, 1.82) is 0 Å². The number of anilines is 3. The number of nitrogens with zero attached hydrogens (tertiary/aromatic N) is 3. The van der Waals surface area contributed by atoms with Gasteiger partial charge in [-0.3, -0.25) is 19.7 Å². The maximum Gasteiger partial charge on any atom is 0.292 e. The number of hydrogen-bond acceptors (Lipinski definition) is 9. The average molecular weight is 633 g/mol. The Labute approximate surface area is 268 Å². The maximum absolute atomic E-state index is 11.8. The molecule has 2 heterocycles. The molecule has 4 rings (SSSR count). The molecule has 0 radical (unpaired) electrons. The molecule has 2 atom stereocenters. The molecule has 12 heteroatoms. The van der Waals surface area contributed by atoms with Crippen LogP contribution in [0.2, 0.25) is 0 Å². The van der Waals surface area contributed by atoms with E-state index in [1.165, 1.54) is 10.6 Å². The monoisotopic (exact) mass is 632 g/mol. The fourth-order valence-electron chi connectivity index (χ4n) is 5.04. The van der Waals surface area contributed by atoms with Crippen molar-refractivity contribution >= 4 is 22.7 Å². The number of ether oxygens (including phenoxy) is 2. The number of rotatable bonds is 11. The van der Waals surface area contributed by atoms with E-state index >= 15 is 0 Å². The lowest BCUT2D eigenvalue weighted by Crippen LogP contribution is -2.21. The Bertz CT molecular complexity index is 1750. The third kappa shape index (κ3) is 9.05. The van der Waals surface area contributed by atoms with Crippen LogP contribution in [-0.2, 0) is 23.6 Å². The summed E-state index contributed by atoms with van der Waals surface area (Å²) in [6.07, 6.45) is 3.56. The molecule has 0 saturated heterocycles. The molecular weight excluding hydrogens is 588 g/mol. The Morgan fingerprint density at radius 3 is 1.63 bits per heavy atom. The predicted octanol–water partition coefficient (Wildman–Crippen LogP) is 5.11. The average Bonchev–Trinajstić information content (AvgIpc) is 2.99. The molecule has 0 amide bonds. The SMILES string of the molecule is COC[C@@H](C)Nc1cc(-c2cc(C)c(=O)n(C)c2)ccc1N.COC[C@@H](C)Nc1cc(-c2cc(C)c(=O)n(C)c2)ccc1[N+](=O)[O-]. The van der Waals surface area contributed by atoms with Gasteiger partial charge in [-0.05, 0) is 86.3 Å². The number of aryl methyl sites for hydroxylation is 4. The van der Waals surface area contributed by atoms with Gasteiger partial charge in [0, 0.05) is 70.0 Å². The lowest BCUT2D eigenvalue weighted by atomic mass is 10.0. The molecule has 0 spiro atoms. The Balaban J connectivity index is 0.000000251. The number of nitro benzene ring substituents is 1. The Kier molecular flexibility index (Phi) is 12.3. The molecule has 0 fully saturated rings. The fourth-order valence-corrected chi connectivity index (χ4v) is 5.04. The van der Waals surface area contributed by atoms with E-state index < -0.39 is 4.92 Å². The number of pyridine rings is 2. The number of aromatic nitrogens is 2. The molecule has 4 N–H and O–H groups in total. The smallest absolute Gasteiger partial charge is 0.292 e. The van der Waals surface area contributed by atoms with Crippen molar-refractivity contribution in [2.45, 2.75) is 39.8 Å². The van der Waals surface area contributed by atoms with Gasteiger partial charge in [0.2, 0.25) is 0 Å². The second-order valence-corrected chi connectivity index (χ2v) is 11.4. The Morgan fingerprint density at radius 1 is 0.761 bits per heavy atom. The van der Waals surface area contributed by atoms with Gasteiger partial charge in [0.1, 0.15) is 5.69 Å². The molecule has 46 heavy (non-hydrogen) atoms. The number of benzene rings is 2. The molecule has 4 aromatic rings. The third-order valence-corrected chi connectivity index (χ3v) is 7.28. The Hall–Kier alpha value is -4.94. The van der Waals surface area contributed by atoms with Crippen LogP contribution < -0.4 is 27.5 Å². The van der Waals surface area contributed by atoms with Gasteiger partial charge in [0.25, 0.3) is 16.8 Å². The minimum absolute atomic E-state index is 0.00300. The summed E-state index contributed by atoms with van der Waals surface area (Å²) >= 11 is 0. The van der Waals surface area contributed by atoms with E-state index in [-0.39, 0.29) is 28.9 Å². The minimum atomic E-state index is -0.419. The molecule has 0 saturated carbocycles. The lowest BCUT2D eigenvalue weighted by Gasteiger charge is -2.17. The van der Waals surface area contributed by atoms with Crippen LogP contribution in [-0.4, -0.2) is 53.6 Å². The second-order valence-electron chi connectivity index (χ2n) is 11.4. The summed E-state index contributed by atoms with van der Waals surface area (Å²) in [5.74, 6) is 0. The molecular formula is C34H44N6O6. The van der Waals surface area contributed by atoms with Gasteiger partial charge in [-0.15, -0.1) is 0 Å².